The molecule has 3 rings (SSSR count). The van der Waals surface area contributed by atoms with Crippen LogP contribution in [0, 0.1) is 5.82 Å². The van der Waals surface area contributed by atoms with E-state index in [0.29, 0.717) is 0 Å². The number of halogens is 2. The zero-order chi connectivity index (χ0) is 18.0. The summed E-state index contributed by atoms with van der Waals surface area (Å²) in [5, 5.41) is 2.47. The second-order valence-corrected chi connectivity index (χ2v) is 6.15. The Labute approximate surface area is 149 Å². The van der Waals surface area contributed by atoms with Gasteiger partial charge in [-0.25, -0.2) is 4.39 Å². The van der Waals surface area contributed by atoms with E-state index in [1.54, 1.807) is 12.3 Å². The summed E-state index contributed by atoms with van der Waals surface area (Å²) in [7, 11) is 0. The van der Waals surface area contributed by atoms with Crippen molar-refractivity contribution in [3.05, 3.63) is 70.6 Å². The second kappa shape index (κ2) is 7.07. The van der Waals surface area contributed by atoms with E-state index in [-0.39, 0.29) is 23.0 Å². The minimum atomic E-state index is -0.676. The van der Waals surface area contributed by atoms with Crippen LogP contribution in [0.3, 0.4) is 0 Å². The maximum atomic E-state index is 14.0. The van der Waals surface area contributed by atoms with Gasteiger partial charge in [0.05, 0.1) is 23.2 Å². The highest BCUT2D eigenvalue weighted by Crippen LogP contribution is 2.33. The van der Waals surface area contributed by atoms with Crippen molar-refractivity contribution in [1.82, 2.24) is 4.90 Å². The smallest absolute Gasteiger partial charge is 0.226 e. The standard InChI is InChI=1S/C19H16ClFN2O2/c1-12(24)23-10-9-13-5-2-3-6-14(13)17(23)11-18(25)22-16-8-4-7-15(20)19(16)21/h2-10,17H,11H2,1H3,(H,22,25)/t17-/m0/s1. The number of benzene rings is 2. The number of anilines is 1. The fourth-order valence-corrected chi connectivity index (χ4v) is 3.06. The third-order valence-corrected chi connectivity index (χ3v) is 4.37. The summed E-state index contributed by atoms with van der Waals surface area (Å²) in [6.07, 6.45) is 3.51. The van der Waals surface area contributed by atoms with Gasteiger partial charge in [0, 0.05) is 13.1 Å². The molecular weight excluding hydrogens is 343 g/mol. The maximum Gasteiger partial charge on any atom is 0.226 e. The zero-order valence-corrected chi connectivity index (χ0v) is 14.3. The molecule has 0 radical (unpaired) electrons. The molecule has 128 valence electrons. The number of fused-ring (bicyclic) bond motifs is 1. The number of amides is 2. The number of carbonyl (C=O) groups is 2. The van der Waals surface area contributed by atoms with Crippen LogP contribution in [0.25, 0.3) is 6.08 Å². The molecule has 1 aliphatic heterocycles. The summed E-state index contributed by atoms with van der Waals surface area (Å²) in [4.78, 5) is 25.9. The van der Waals surface area contributed by atoms with Gasteiger partial charge in [-0.3, -0.25) is 9.59 Å². The lowest BCUT2D eigenvalue weighted by molar-refractivity contribution is -0.129. The Kier molecular flexibility index (Phi) is 4.86. The molecule has 1 atom stereocenters. The van der Waals surface area contributed by atoms with Gasteiger partial charge < -0.3 is 10.2 Å². The predicted molar refractivity (Wildman–Crippen MR) is 95.4 cm³/mol. The molecule has 0 bridgehead atoms. The summed E-state index contributed by atoms with van der Waals surface area (Å²) >= 11 is 5.73. The average Bonchev–Trinajstić information content (AvgIpc) is 2.59. The predicted octanol–water partition coefficient (Wildman–Crippen LogP) is 4.38. The summed E-state index contributed by atoms with van der Waals surface area (Å²) in [5.74, 6) is -1.25. The first-order chi connectivity index (χ1) is 12.0. The van der Waals surface area contributed by atoms with Crippen molar-refractivity contribution in [3.63, 3.8) is 0 Å². The minimum absolute atomic E-state index is 0.00683. The Balaban J connectivity index is 1.84. The first-order valence-corrected chi connectivity index (χ1v) is 8.15. The monoisotopic (exact) mass is 358 g/mol. The second-order valence-electron chi connectivity index (χ2n) is 5.74. The first kappa shape index (κ1) is 17.2. The third-order valence-electron chi connectivity index (χ3n) is 4.07. The number of nitrogens with zero attached hydrogens (tertiary/aromatic N) is 1. The molecule has 0 unspecified atom stereocenters. The molecule has 2 aromatic rings. The molecule has 0 fully saturated rings. The van der Waals surface area contributed by atoms with Crippen molar-refractivity contribution in [3.8, 4) is 0 Å². The molecule has 1 N–H and O–H groups in total. The Morgan fingerprint density at radius 2 is 1.96 bits per heavy atom. The molecule has 0 aromatic heterocycles. The molecule has 2 aromatic carbocycles. The molecule has 0 aliphatic carbocycles. The van der Waals surface area contributed by atoms with E-state index in [0.717, 1.165) is 11.1 Å². The Bertz CT molecular complexity index is 866. The molecule has 0 saturated carbocycles. The van der Waals surface area contributed by atoms with E-state index < -0.39 is 17.8 Å². The number of hydrogen-bond donors (Lipinski definition) is 1. The van der Waals surface area contributed by atoms with E-state index in [2.05, 4.69) is 5.32 Å². The van der Waals surface area contributed by atoms with Crippen LogP contribution in [0.4, 0.5) is 10.1 Å². The topological polar surface area (TPSA) is 49.4 Å². The quantitative estimate of drug-likeness (QED) is 0.885. The van der Waals surface area contributed by atoms with Crippen LogP contribution in [0.15, 0.2) is 48.7 Å². The highest BCUT2D eigenvalue weighted by atomic mass is 35.5. The Morgan fingerprint density at radius 3 is 2.72 bits per heavy atom. The molecule has 0 spiro atoms. The Morgan fingerprint density at radius 1 is 1.20 bits per heavy atom. The summed E-state index contributed by atoms with van der Waals surface area (Å²) in [6, 6.07) is 11.5. The summed E-state index contributed by atoms with van der Waals surface area (Å²) in [6.45, 7) is 1.44. The molecule has 1 heterocycles. The average molecular weight is 359 g/mol. The Hall–Kier alpha value is -2.66. The lowest BCUT2D eigenvalue weighted by atomic mass is 9.93. The number of rotatable bonds is 3. The van der Waals surface area contributed by atoms with E-state index in [1.807, 2.05) is 30.3 Å². The number of nitrogens with one attached hydrogen (secondary N) is 1. The highest BCUT2D eigenvalue weighted by molar-refractivity contribution is 6.31. The van der Waals surface area contributed by atoms with Crippen molar-refractivity contribution in [1.29, 1.82) is 0 Å². The SMILES string of the molecule is CC(=O)N1C=Cc2ccccc2[C@@H]1CC(=O)Nc1cccc(Cl)c1F. The molecule has 1 aliphatic rings. The van der Waals surface area contributed by atoms with Gasteiger partial charge in [0.1, 0.15) is 0 Å². The molecule has 4 nitrogen and oxygen atoms in total. The molecule has 6 heteroatoms. The van der Waals surface area contributed by atoms with E-state index in [4.69, 9.17) is 11.6 Å². The van der Waals surface area contributed by atoms with Gasteiger partial charge >= 0.3 is 0 Å². The van der Waals surface area contributed by atoms with Crippen LogP contribution in [-0.2, 0) is 9.59 Å². The van der Waals surface area contributed by atoms with E-state index in [1.165, 1.54) is 24.0 Å². The van der Waals surface area contributed by atoms with Crippen molar-refractivity contribution in [2.24, 2.45) is 0 Å². The molecule has 2 amide bonds. The van der Waals surface area contributed by atoms with E-state index in [9.17, 15) is 14.0 Å². The van der Waals surface area contributed by atoms with Crippen LogP contribution >= 0.6 is 11.6 Å². The van der Waals surface area contributed by atoms with Gasteiger partial charge in [-0.15, -0.1) is 0 Å². The van der Waals surface area contributed by atoms with Gasteiger partial charge in [-0.2, -0.15) is 0 Å². The number of hydrogen-bond acceptors (Lipinski definition) is 2. The van der Waals surface area contributed by atoms with Gasteiger partial charge in [-0.1, -0.05) is 41.9 Å². The van der Waals surface area contributed by atoms with Gasteiger partial charge in [-0.05, 0) is 29.3 Å². The van der Waals surface area contributed by atoms with Crippen molar-refractivity contribution in [2.45, 2.75) is 19.4 Å². The van der Waals surface area contributed by atoms with Crippen LogP contribution < -0.4 is 5.32 Å². The van der Waals surface area contributed by atoms with E-state index >= 15 is 0 Å². The highest BCUT2D eigenvalue weighted by Gasteiger charge is 2.28. The maximum absolute atomic E-state index is 14.0. The number of carbonyl (C=O) groups excluding carboxylic acids is 2. The lowest BCUT2D eigenvalue weighted by Gasteiger charge is -2.32. The van der Waals surface area contributed by atoms with Crippen LogP contribution in [0.1, 0.15) is 30.5 Å². The van der Waals surface area contributed by atoms with Gasteiger partial charge in [0.25, 0.3) is 0 Å². The van der Waals surface area contributed by atoms with Gasteiger partial charge in [0.2, 0.25) is 11.8 Å². The van der Waals surface area contributed by atoms with Crippen LogP contribution in [0.5, 0.6) is 0 Å². The van der Waals surface area contributed by atoms with Crippen molar-refractivity contribution < 1.29 is 14.0 Å². The van der Waals surface area contributed by atoms with Crippen LogP contribution in [0.2, 0.25) is 5.02 Å². The van der Waals surface area contributed by atoms with Gasteiger partial charge in [0.15, 0.2) is 5.82 Å². The molecule has 0 saturated heterocycles. The summed E-state index contributed by atoms with van der Waals surface area (Å²) in [5.41, 5.74) is 1.85. The fraction of sp³-hybridized carbons (Fsp3) is 0.158. The third kappa shape index (κ3) is 3.56. The molecular formula is C19H16ClFN2O2. The van der Waals surface area contributed by atoms with Crippen molar-refractivity contribution >= 4 is 35.2 Å². The zero-order valence-electron chi connectivity index (χ0n) is 13.5. The van der Waals surface area contributed by atoms with Crippen molar-refractivity contribution in [2.75, 3.05) is 5.32 Å². The normalized spacial score (nSPS) is 15.6. The van der Waals surface area contributed by atoms with Crippen LogP contribution in [-0.4, -0.2) is 16.7 Å². The first-order valence-electron chi connectivity index (χ1n) is 7.77. The molecule has 25 heavy (non-hydrogen) atoms. The summed E-state index contributed by atoms with van der Waals surface area (Å²) < 4.78 is 14.0. The lowest BCUT2D eigenvalue weighted by Crippen LogP contribution is -2.33. The largest absolute Gasteiger partial charge is 0.323 e. The fourth-order valence-electron chi connectivity index (χ4n) is 2.89. The minimum Gasteiger partial charge on any atom is -0.323 e.